The normalized spacial score (nSPS) is 18.7. The second kappa shape index (κ2) is 6.37. The lowest BCUT2D eigenvalue weighted by molar-refractivity contribution is 0.134. The lowest BCUT2D eigenvalue weighted by Gasteiger charge is -2.31. The smallest absolute Gasteiger partial charge is 0.0736 e. The van der Waals surface area contributed by atoms with Gasteiger partial charge in [0.2, 0.25) is 0 Å². The largest absolute Gasteiger partial charge is 0.384 e. The minimum Gasteiger partial charge on any atom is -0.384 e. The first kappa shape index (κ1) is 14.2. The van der Waals surface area contributed by atoms with Crippen molar-refractivity contribution in [3.8, 4) is 0 Å². The van der Waals surface area contributed by atoms with Crippen LogP contribution in [-0.4, -0.2) is 39.9 Å². The van der Waals surface area contributed by atoms with E-state index >= 15 is 0 Å². The van der Waals surface area contributed by atoms with Crippen LogP contribution in [0.4, 0.5) is 0 Å². The first-order valence-electron chi connectivity index (χ1n) is 7.46. The maximum Gasteiger partial charge on any atom is 0.0736 e. The average Bonchev–Trinajstić information content (AvgIpc) is 2.92. The van der Waals surface area contributed by atoms with Crippen molar-refractivity contribution in [2.24, 2.45) is 0 Å². The Morgan fingerprint density at radius 3 is 2.86 bits per heavy atom. The Morgan fingerprint density at radius 1 is 1.33 bits per heavy atom. The van der Waals surface area contributed by atoms with Gasteiger partial charge in [-0.05, 0) is 24.6 Å². The minimum absolute atomic E-state index is 0.355. The van der Waals surface area contributed by atoms with Crippen LogP contribution in [0, 0.1) is 0 Å². The molecule has 0 saturated heterocycles. The first-order valence-corrected chi connectivity index (χ1v) is 7.46. The van der Waals surface area contributed by atoms with Crippen LogP contribution in [0.5, 0.6) is 0 Å². The van der Waals surface area contributed by atoms with Gasteiger partial charge in [0.05, 0.1) is 12.3 Å². The van der Waals surface area contributed by atoms with Crippen LogP contribution >= 0.6 is 0 Å². The molecule has 1 unspecified atom stereocenters. The molecule has 5 nitrogen and oxygen atoms in total. The van der Waals surface area contributed by atoms with Crippen molar-refractivity contribution in [3.63, 3.8) is 0 Å². The molecule has 1 aliphatic heterocycles. The third-order valence-electron chi connectivity index (χ3n) is 3.98. The molecule has 2 aromatic heterocycles. The van der Waals surface area contributed by atoms with E-state index in [0.29, 0.717) is 5.92 Å². The minimum atomic E-state index is 0.355. The average molecular weight is 286 g/mol. The van der Waals surface area contributed by atoms with E-state index in [1.165, 1.54) is 16.8 Å². The predicted octanol–water partition coefficient (Wildman–Crippen LogP) is 2.04. The summed E-state index contributed by atoms with van der Waals surface area (Å²) in [6.07, 6.45) is 5.88. The summed E-state index contributed by atoms with van der Waals surface area (Å²) in [6.45, 7) is 6.65. The first-order chi connectivity index (χ1) is 10.3. The number of methoxy groups -OCH3 is 1. The van der Waals surface area contributed by atoms with Crippen molar-refractivity contribution >= 4 is 0 Å². The number of rotatable bonds is 5. The van der Waals surface area contributed by atoms with E-state index in [-0.39, 0.29) is 0 Å². The molecule has 0 N–H and O–H groups in total. The summed E-state index contributed by atoms with van der Waals surface area (Å²) < 4.78 is 7.42. The fraction of sp³-hybridized carbons (Fsp3) is 0.500. The summed E-state index contributed by atoms with van der Waals surface area (Å²) in [7, 11) is 1.76. The number of aryl methyl sites for hydroxylation is 1. The molecule has 0 fully saturated rings. The molecule has 0 bridgehead atoms. The number of ether oxygens (including phenoxy) is 1. The van der Waals surface area contributed by atoms with E-state index in [0.717, 1.165) is 32.8 Å². The Morgan fingerprint density at radius 2 is 2.14 bits per heavy atom. The third kappa shape index (κ3) is 3.14. The summed E-state index contributed by atoms with van der Waals surface area (Å²) in [5.74, 6) is 0.355. The van der Waals surface area contributed by atoms with Gasteiger partial charge in [0, 0.05) is 63.4 Å². The molecular formula is C16H22N4O. The summed E-state index contributed by atoms with van der Waals surface area (Å²) in [5, 5.41) is 4.71. The lowest BCUT2D eigenvalue weighted by Crippen LogP contribution is -2.34. The van der Waals surface area contributed by atoms with Crippen molar-refractivity contribution in [1.29, 1.82) is 0 Å². The van der Waals surface area contributed by atoms with Crippen molar-refractivity contribution in [2.75, 3.05) is 20.3 Å². The maximum absolute atomic E-state index is 5.39. The maximum atomic E-state index is 5.39. The summed E-state index contributed by atoms with van der Waals surface area (Å²) in [6, 6.07) is 4.16. The molecule has 0 saturated carbocycles. The Balaban J connectivity index is 1.79. The van der Waals surface area contributed by atoms with Crippen LogP contribution in [0.15, 0.2) is 30.7 Å². The highest BCUT2D eigenvalue weighted by atomic mass is 16.5. The monoisotopic (exact) mass is 286 g/mol. The summed E-state index contributed by atoms with van der Waals surface area (Å²) in [5.41, 5.74) is 3.84. The van der Waals surface area contributed by atoms with Crippen LogP contribution in [0.3, 0.4) is 0 Å². The highest BCUT2D eigenvalue weighted by Gasteiger charge is 2.28. The van der Waals surface area contributed by atoms with Crippen molar-refractivity contribution in [2.45, 2.75) is 32.5 Å². The molecule has 0 radical (unpaired) electrons. The Hall–Kier alpha value is -1.72. The molecule has 0 amide bonds. The van der Waals surface area contributed by atoms with Gasteiger partial charge in [-0.2, -0.15) is 5.10 Å². The van der Waals surface area contributed by atoms with E-state index in [1.807, 2.05) is 17.1 Å². The molecule has 5 heteroatoms. The number of hydrogen-bond donors (Lipinski definition) is 0. The topological polar surface area (TPSA) is 43.2 Å². The van der Waals surface area contributed by atoms with Crippen LogP contribution in [0.1, 0.15) is 29.7 Å². The Kier molecular flexibility index (Phi) is 4.31. The molecule has 0 aliphatic carbocycles. The third-order valence-corrected chi connectivity index (χ3v) is 3.98. The van der Waals surface area contributed by atoms with Gasteiger partial charge in [0.1, 0.15) is 0 Å². The van der Waals surface area contributed by atoms with Crippen molar-refractivity contribution < 1.29 is 4.74 Å². The van der Waals surface area contributed by atoms with E-state index in [9.17, 15) is 0 Å². The van der Waals surface area contributed by atoms with Crippen LogP contribution in [0.2, 0.25) is 0 Å². The number of pyridine rings is 1. The molecule has 1 atom stereocenters. The molecule has 3 heterocycles. The van der Waals surface area contributed by atoms with Crippen molar-refractivity contribution in [3.05, 3.63) is 47.5 Å². The van der Waals surface area contributed by atoms with Crippen LogP contribution < -0.4 is 0 Å². The van der Waals surface area contributed by atoms with Crippen LogP contribution in [-0.2, 0) is 24.4 Å². The molecule has 0 aromatic carbocycles. The van der Waals surface area contributed by atoms with Crippen molar-refractivity contribution in [1.82, 2.24) is 19.7 Å². The molecule has 112 valence electrons. The Labute approximate surface area is 125 Å². The molecule has 21 heavy (non-hydrogen) atoms. The van der Waals surface area contributed by atoms with E-state index in [2.05, 4.69) is 35.1 Å². The fourth-order valence-electron chi connectivity index (χ4n) is 3.01. The predicted molar refractivity (Wildman–Crippen MR) is 80.9 cm³/mol. The zero-order valence-corrected chi connectivity index (χ0v) is 12.7. The molecular weight excluding hydrogens is 264 g/mol. The lowest BCUT2D eigenvalue weighted by atomic mass is 9.97. The second-order valence-corrected chi connectivity index (χ2v) is 5.57. The number of aromatic nitrogens is 3. The van der Waals surface area contributed by atoms with Gasteiger partial charge in [-0.1, -0.05) is 0 Å². The fourth-order valence-corrected chi connectivity index (χ4v) is 3.01. The van der Waals surface area contributed by atoms with Gasteiger partial charge < -0.3 is 4.74 Å². The van der Waals surface area contributed by atoms with Gasteiger partial charge in [0.25, 0.3) is 0 Å². The van der Waals surface area contributed by atoms with Crippen LogP contribution in [0.25, 0.3) is 0 Å². The molecule has 0 spiro atoms. The molecule has 3 rings (SSSR count). The van der Waals surface area contributed by atoms with Gasteiger partial charge in [-0.25, -0.2) is 0 Å². The van der Waals surface area contributed by atoms with Gasteiger partial charge in [-0.3, -0.25) is 14.6 Å². The highest BCUT2D eigenvalue weighted by molar-refractivity contribution is 5.25. The van der Waals surface area contributed by atoms with E-state index < -0.39 is 0 Å². The highest BCUT2D eigenvalue weighted by Crippen LogP contribution is 2.28. The zero-order valence-electron chi connectivity index (χ0n) is 12.7. The standard InChI is InChI=1S/C16H22N4O/c1-3-20-11-14-9-19(8-13-4-6-17-7-5-13)10-15(12-21-2)16(14)18-20/h4-7,11,15H,3,8-10,12H2,1-2H3. The molecule has 2 aromatic rings. The molecule has 1 aliphatic rings. The summed E-state index contributed by atoms with van der Waals surface area (Å²) in [4.78, 5) is 6.54. The zero-order chi connectivity index (χ0) is 14.7. The quantitative estimate of drug-likeness (QED) is 0.843. The van der Waals surface area contributed by atoms with Gasteiger partial charge in [-0.15, -0.1) is 0 Å². The number of nitrogens with zero attached hydrogens (tertiary/aromatic N) is 4. The SMILES string of the molecule is CCn1cc2c(n1)C(COC)CN(Cc1ccncc1)C2. The van der Waals surface area contributed by atoms with Gasteiger partial charge >= 0.3 is 0 Å². The van der Waals surface area contributed by atoms with Gasteiger partial charge in [0.15, 0.2) is 0 Å². The second-order valence-electron chi connectivity index (χ2n) is 5.57. The Bertz CT molecular complexity index is 581. The number of hydrogen-bond acceptors (Lipinski definition) is 4. The van der Waals surface area contributed by atoms with E-state index in [4.69, 9.17) is 9.84 Å². The number of fused-ring (bicyclic) bond motifs is 1. The summed E-state index contributed by atoms with van der Waals surface area (Å²) >= 11 is 0. The van der Waals surface area contributed by atoms with E-state index in [1.54, 1.807) is 7.11 Å².